The van der Waals surface area contributed by atoms with Crippen LogP contribution >= 0.6 is 11.3 Å². The molecule has 1 heterocycles. The smallest absolute Gasteiger partial charge is 0.230 e. The summed E-state index contributed by atoms with van der Waals surface area (Å²) in [4.78, 5) is 31.8. The van der Waals surface area contributed by atoms with E-state index in [4.69, 9.17) is 10.7 Å². The van der Waals surface area contributed by atoms with Crippen molar-refractivity contribution in [2.75, 3.05) is 11.9 Å². The monoisotopic (exact) mass is 620 g/mol. The van der Waals surface area contributed by atoms with Gasteiger partial charge in [0.2, 0.25) is 11.8 Å². The molecule has 0 fully saturated rings. The van der Waals surface area contributed by atoms with Crippen molar-refractivity contribution in [3.05, 3.63) is 83.5 Å². The number of carbonyl (C=O) groups is 2. The molecule has 0 aliphatic heterocycles. The van der Waals surface area contributed by atoms with Gasteiger partial charge in [-0.15, -0.1) is 11.3 Å². The minimum absolute atomic E-state index is 0.0379. The third-order valence-corrected chi connectivity index (χ3v) is 8.69. The molecule has 6 nitrogen and oxygen atoms in total. The molecule has 7 heteroatoms. The van der Waals surface area contributed by atoms with Crippen LogP contribution in [0.1, 0.15) is 96.1 Å². The number of anilines is 1. The maximum Gasteiger partial charge on any atom is 0.230 e. The second-order valence-electron chi connectivity index (χ2n) is 11.7. The van der Waals surface area contributed by atoms with Gasteiger partial charge in [-0.3, -0.25) is 9.59 Å². The van der Waals surface area contributed by atoms with Gasteiger partial charge in [0, 0.05) is 10.9 Å². The van der Waals surface area contributed by atoms with E-state index in [1.165, 1.54) is 4.88 Å². The van der Waals surface area contributed by atoms with Crippen molar-refractivity contribution in [3.63, 3.8) is 0 Å². The number of primary amides is 1. The molecule has 1 unspecified atom stereocenters. The first-order valence-corrected chi connectivity index (χ1v) is 17.4. The van der Waals surface area contributed by atoms with Crippen molar-refractivity contribution in [2.24, 2.45) is 23.5 Å². The van der Waals surface area contributed by atoms with Crippen molar-refractivity contribution in [1.82, 2.24) is 10.3 Å². The lowest BCUT2D eigenvalue weighted by Gasteiger charge is -2.26. The van der Waals surface area contributed by atoms with E-state index in [0.29, 0.717) is 17.6 Å². The predicted molar refractivity (Wildman–Crippen MR) is 189 cm³/mol. The van der Waals surface area contributed by atoms with E-state index in [1.807, 2.05) is 26.0 Å². The number of hydrogen-bond donors (Lipinski definition) is 3. The zero-order valence-electron chi connectivity index (χ0n) is 27.5. The SMILES string of the molecule is CCC=CCC=CCC=CCC=CCC=CCC=CCC(C(N)=O)[C@@H](C(=O)Nc1nc2c(s1)C[C@H](NCCC)CC2)C(C)C. The number of nitrogens with zero attached hydrogens (tertiary/aromatic N) is 1. The van der Waals surface area contributed by atoms with Gasteiger partial charge in [0.15, 0.2) is 5.13 Å². The molecule has 1 aromatic heterocycles. The Balaban J connectivity index is 1.77. The molecule has 0 aromatic carbocycles. The summed E-state index contributed by atoms with van der Waals surface area (Å²) in [6.07, 6.45) is 36.0. The minimum Gasteiger partial charge on any atom is -0.369 e. The van der Waals surface area contributed by atoms with Gasteiger partial charge in [0.1, 0.15) is 0 Å². The summed E-state index contributed by atoms with van der Waals surface area (Å²) in [5.41, 5.74) is 6.90. The van der Waals surface area contributed by atoms with E-state index in [-0.39, 0.29) is 11.8 Å². The van der Waals surface area contributed by atoms with Gasteiger partial charge >= 0.3 is 0 Å². The van der Waals surface area contributed by atoms with Crippen LogP contribution < -0.4 is 16.4 Å². The number of nitrogens with two attached hydrogens (primary N) is 1. The summed E-state index contributed by atoms with van der Waals surface area (Å²) in [7, 11) is 0. The molecule has 44 heavy (non-hydrogen) atoms. The molecule has 2 amide bonds. The van der Waals surface area contributed by atoms with Crippen LogP contribution in [-0.2, 0) is 22.4 Å². The van der Waals surface area contributed by atoms with E-state index in [2.05, 4.69) is 85.2 Å². The second-order valence-corrected chi connectivity index (χ2v) is 12.8. The van der Waals surface area contributed by atoms with Crippen molar-refractivity contribution >= 4 is 28.3 Å². The number of nitrogens with one attached hydrogen (secondary N) is 2. The minimum atomic E-state index is -0.572. The highest BCUT2D eigenvalue weighted by Crippen LogP contribution is 2.32. The van der Waals surface area contributed by atoms with Crippen LogP contribution in [0.25, 0.3) is 0 Å². The van der Waals surface area contributed by atoms with Gasteiger partial charge in [-0.05, 0) is 83.1 Å². The Morgan fingerprint density at radius 3 is 1.93 bits per heavy atom. The maximum atomic E-state index is 13.4. The number of rotatable bonds is 21. The number of allylic oxidation sites excluding steroid dienone is 12. The molecule has 0 radical (unpaired) electrons. The second kappa shape index (κ2) is 22.5. The highest BCUT2D eigenvalue weighted by Gasteiger charge is 2.35. The zero-order valence-corrected chi connectivity index (χ0v) is 28.3. The highest BCUT2D eigenvalue weighted by atomic mass is 32.1. The van der Waals surface area contributed by atoms with Gasteiger partial charge in [-0.25, -0.2) is 4.98 Å². The predicted octanol–water partition coefficient (Wildman–Crippen LogP) is 8.40. The number of amides is 2. The number of carbonyl (C=O) groups excluding carboxylic acids is 2. The van der Waals surface area contributed by atoms with Crippen LogP contribution in [0.2, 0.25) is 0 Å². The van der Waals surface area contributed by atoms with E-state index < -0.39 is 17.7 Å². The van der Waals surface area contributed by atoms with Gasteiger partial charge in [0.25, 0.3) is 0 Å². The molecule has 1 aliphatic carbocycles. The quantitative estimate of drug-likeness (QED) is 0.120. The Labute approximate surface area is 270 Å². The van der Waals surface area contributed by atoms with Crippen molar-refractivity contribution in [3.8, 4) is 0 Å². The lowest BCUT2D eigenvalue weighted by molar-refractivity contribution is -0.131. The van der Waals surface area contributed by atoms with E-state index in [1.54, 1.807) is 11.3 Å². The van der Waals surface area contributed by atoms with Crippen LogP contribution in [0.3, 0.4) is 0 Å². The number of aromatic nitrogens is 1. The summed E-state index contributed by atoms with van der Waals surface area (Å²) in [6, 6.07) is 0.468. The topological polar surface area (TPSA) is 97.1 Å². The number of hydrogen-bond acceptors (Lipinski definition) is 5. The van der Waals surface area contributed by atoms with Gasteiger partial charge in [-0.2, -0.15) is 0 Å². The van der Waals surface area contributed by atoms with Gasteiger partial charge in [-0.1, -0.05) is 101 Å². The fraction of sp³-hybridized carbons (Fsp3) is 0.541. The van der Waals surface area contributed by atoms with Gasteiger partial charge < -0.3 is 16.4 Å². The van der Waals surface area contributed by atoms with Gasteiger partial charge in [0.05, 0.1) is 17.5 Å². The molecule has 0 bridgehead atoms. The Morgan fingerprint density at radius 1 is 0.886 bits per heavy atom. The molecule has 1 aromatic rings. The lowest BCUT2D eigenvalue weighted by atomic mass is 9.80. The average Bonchev–Trinajstić information content (AvgIpc) is 3.39. The molecule has 4 N–H and O–H groups in total. The molecule has 3 atom stereocenters. The lowest BCUT2D eigenvalue weighted by Crippen LogP contribution is -2.39. The Hall–Kier alpha value is -3.03. The highest BCUT2D eigenvalue weighted by molar-refractivity contribution is 7.15. The molecular weight excluding hydrogens is 565 g/mol. The van der Waals surface area contributed by atoms with Crippen molar-refractivity contribution in [2.45, 2.75) is 104 Å². The van der Waals surface area contributed by atoms with Crippen LogP contribution in [-0.4, -0.2) is 29.4 Å². The van der Waals surface area contributed by atoms with Crippen LogP contribution in [0.15, 0.2) is 72.9 Å². The Morgan fingerprint density at radius 2 is 1.43 bits per heavy atom. The number of aryl methyl sites for hydroxylation is 1. The molecule has 0 saturated heterocycles. The van der Waals surface area contributed by atoms with E-state index >= 15 is 0 Å². The molecule has 242 valence electrons. The largest absolute Gasteiger partial charge is 0.369 e. The molecule has 2 rings (SSSR count). The molecule has 1 aliphatic rings. The first-order valence-electron chi connectivity index (χ1n) is 16.6. The summed E-state index contributed by atoms with van der Waals surface area (Å²) in [6.45, 7) is 9.28. The normalized spacial score (nSPS) is 17.2. The van der Waals surface area contributed by atoms with Crippen molar-refractivity contribution in [1.29, 1.82) is 0 Å². The summed E-state index contributed by atoms with van der Waals surface area (Å²) in [5, 5.41) is 7.25. The number of thiazole rings is 1. The molecule has 0 spiro atoms. The van der Waals surface area contributed by atoms with Crippen LogP contribution in [0, 0.1) is 17.8 Å². The zero-order chi connectivity index (χ0) is 32.0. The fourth-order valence-corrected chi connectivity index (χ4v) is 6.39. The first kappa shape index (κ1) is 37.2. The summed E-state index contributed by atoms with van der Waals surface area (Å²) >= 11 is 1.56. The van der Waals surface area contributed by atoms with Crippen molar-refractivity contribution < 1.29 is 9.59 Å². The molecular formula is C37H56N4O2S. The third-order valence-electron chi connectivity index (χ3n) is 7.66. The Bertz CT molecular complexity index is 1160. The Kier molecular flexibility index (Phi) is 19.0. The fourth-order valence-electron chi connectivity index (χ4n) is 5.29. The first-order chi connectivity index (χ1) is 21.4. The van der Waals surface area contributed by atoms with E-state index in [0.717, 1.165) is 76.4 Å². The van der Waals surface area contributed by atoms with Crippen LogP contribution in [0.4, 0.5) is 5.13 Å². The third kappa shape index (κ3) is 14.6. The summed E-state index contributed by atoms with van der Waals surface area (Å²) in [5.74, 6) is -1.75. The summed E-state index contributed by atoms with van der Waals surface area (Å²) < 4.78 is 0. The maximum absolute atomic E-state index is 13.4. The number of fused-ring (bicyclic) bond motifs is 1. The standard InChI is InChI=1S/C37H56N4O2S/c1-5-7-8-9-10-11-12-13-14-15-16-17-18-19-20-21-22-23-24-31(35(38)42)34(29(3)4)36(43)41-37-40-32-26-25-30(39-27-6-2)28-33(32)44-37/h7-8,10-11,13-14,16-17,19-20,22-23,29-31,34,39H,5-6,9,12,15,18,21,24-28H2,1-4H3,(H2,38,42)(H,40,41,43)/t30-,31?,34+/m1/s1. The van der Waals surface area contributed by atoms with Crippen LogP contribution in [0.5, 0.6) is 0 Å². The van der Waals surface area contributed by atoms with E-state index in [9.17, 15) is 9.59 Å². The average molecular weight is 621 g/mol. The molecule has 0 saturated carbocycles.